The van der Waals surface area contributed by atoms with Crippen LogP contribution in [0.4, 0.5) is 0 Å². The van der Waals surface area contributed by atoms with Gasteiger partial charge in [0.1, 0.15) is 0 Å². The molecule has 0 amide bonds. The Hall–Kier alpha value is -0.126. The number of allylic oxidation sites excluding steroid dienone is 4. The maximum absolute atomic E-state index is 7.01. The maximum atomic E-state index is 7.01. The van der Waals surface area contributed by atoms with Gasteiger partial charge in [-0.2, -0.15) is 0 Å². The second-order valence-corrected chi connectivity index (χ2v) is 18.2. The van der Waals surface area contributed by atoms with Crippen molar-refractivity contribution in [1.82, 2.24) is 0 Å². The van der Waals surface area contributed by atoms with Crippen LogP contribution in [0, 0.1) is 0 Å². The molecule has 1 nitrogen and oxygen atoms in total. The third kappa shape index (κ3) is 6.51. The van der Waals surface area contributed by atoms with Crippen LogP contribution in [-0.4, -0.2) is 16.6 Å². The van der Waals surface area contributed by atoms with E-state index in [-0.39, 0.29) is 0 Å². The lowest BCUT2D eigenvalue weighted by Gasteiger charge is -2.35. The Balaban J connectivity index is 2.00. The molecule has 0 saturated heterocycles. The molecule has 0 N–H and O–H groups in total. The Morgan fingerprint density at radius 2 is 1.00 bits per heavy atom. The molecule has 0 aromatic rings. The predicted octanol–water partition coefficient (Wildman–Crippen LogP) is 7.97. The van der Waals surface area contributed by atoms with Gasteiger partial charge < -0.3 is 4.12 Å². The summed E-state index contributed by atoms with van der Waals surface area (Å²) in [6.45, 7) is 14.6. The van der Waals surface area contributed by atoms with E-state index in [9.17, 15) is 0 Å². The first-order valence-electron chi connectivity index (χ1n) is 10.9. The van der Waals surface area contributed by atoms with Crippen LogP contribution in [0.3, 0.4) is 0 Å². The molecule has 0 fully saturated rings. The highest BCUT2D eigenvalue weighted by atomic mass is 28.4. The normalized spacial score (nSPS) is 19.4. The Bertz CT molecular complexity index is 468. The zero-order valence-corrected chi connectivity index (χ0v) is 19.9. The summed E-state index contributed by atoms with van der Waals surface area (Å²) in [5.74, 6) is 0. The Morgan fingerprint density at radius 3 is 1.36 bits per heavy atom. The predicted molar refractivity (Wildman–Crippen MR) is 117 cm³/mol. The van der Waals surface area contributed by atoms with Gasteiger partial charge in [0.15, 0.2) is 16.6 Å². The molecule has 0 radical (unpaired) electrons. The van der Waals surface area contributed by atoms with Crippen LogP contribution < -0.4 is 0 Å². The van der Waals surface area contributed by atoms with Crippen LogP contribution in [0.15, 0.2) is 22.3 Å². The summed E-state index contributed by atoms with van der Waals surface area (Å²) in [5.41, 5.74) is 7.15. The van der Waals surface area contributed by atoms with Crippen molar-refractivity contribution in [3.63, 3.8) is 0 Å². The van der Waals surface area contributed by atoms with E-state index in [0.717, 1.165) is 0 Å². The number of rotatable bonds is 10. The molecule has 2 rings (SSSR count). The molecule has 3 heteroatoms. The largest absolute Gasteiger partial charge is 0.455 e. The van der Waals surface area contributed by atoms with Crippen molar-refractivity contribution < 1.29 is 4.12 Å². The Morgan fingerprint density at radius 1 is 0.640 bits per heavy atom. The van der Waals surface area contributed by atoms with Crippen LogP contribution in [0.1, 0.15) is 78.1 Å². The van der Waals surface area contributed by atoms with Crippen molar-refractivity contribution >= 4 is 16.6 Å². The first-order valence-corrected chi connectivity index (χ1v) is 17.1. The molecular weight excluding hydrogens is 336 g/mol. The van der Waals surface area contributed by atoms with Gasteiger partial charge in [-0.15, -0.1) is 0 Å². The monoisotopic (exact) mass is 378 g/mol. The van der Waals surface area contributed by atoms with Crippen LogP contribution >= 0.6 is 0 Å². The van der Waals surface area contributed by atoms with Gasteiger partial charge in [0.25, 0.3) is 0 Å². The minimum Gasteiger partial charge on any atom is -0.455 e. The van der Waals surface area contributed by atoms with Gasteiger partial charge in [0.05, 0.1) is 0 Å². The van der Waals surface area contributed by atoms with E-state index in [2.05, 4.69) is 40.0 Å². The summed E-state index contributed by atoms with van der Waals surface area (Å²) in [7, 11) is -3.21. The minimum atomic E-state index is -1.61. The van der Waals surface area contributed by atoms with Gasteiger partial charge in [-0.3, -0.25) is 0 Å². The van der Waals surface area contributed by atoms with E-state index < -0.39 is 16.6 Å². The fraction of sp³-hybridized carbons (Fsp3) is 0.818. The van der Waals surface area contributed by atoms with Crippen molar-refractivity contribution in [3.05, 3.63) is 22.3 Å². The van der Waals surface area contributed by atoms with E-state index in [1.807, 2.05) is 0 Å². The molecule has 25 heavy (non-hydrogen) atoms. The lowest BCUT2D eigenvalue weighted by molar-refractivity contribution is 0.543. The molecule has 144 valence electrons. The van der Waals surface area contributed by atoms with E-state index in [1.165, 1.54) is 76.3 Å². The Labute approximate surface area is 159 Å². The molecule has 0 heterocycles. The van der Waals surface area contributed by atoms with Crippen molar-refractivity contribution in [2.45, 2.75) is 116 Å². The third-order valence-electron chi connectivity index (χ3n) is 5.85. The topological polar surface area (TPSA) is 9.23 Å². The molecule has 0 aliphatic heterocycles. The fourth-order valence-corrected chi connectivity index (χ4v) is 14.7. The van der Waals surface area contributed by atoms with E-state index in [4.69, 9.17) is 4.12 Å². The molecule has 0 aromatic heterocycles. The summed E-state index contributed by atoms with van der Waals surface area (Å²) < 4.78 is 7.01. The zero-order valence-electron chi connectivity index (χ0n) is 17.9. The van der Waals surface area contributed by atoms with Gasteiger partial charge in [0, 0.05) is 0 Å². The molecule has 0 spiro atoms. The van der Waals surface area contributed by atoms with E-state index >= 15 is 0 Å². The number of hydrogen-bond donors (Lipinski definition) is 0. The maximum Gasteiger partial charge on any atom is 0.177 e. The third-order valence-corrected chi connectivity index (χ3v) is 12.8. The Kier molecular flexibility index (Phi) is 7.78. The van der Waals surface area contributed by atoms with Crippen LogP contribution in [0.2, 0.25) is 38.3 Å². The fourth-order valence-electron chi connectivity index (χ4n) is 5.22. The highest BCUT2D eigenvalue weighted by Gasteiger charge is 2.36. The smallest absolute Gasteiger partial charge is 0.177 e. The minimum absolute atomic E-state index is 1.29. The van der Waals surface area contributed by atoms with Crippen molar-refractivity contribution in [3.8, 4) is 0 Å². The van der Waals surface area contributed by atoms with Crippen LogP contribution in [0.25, 0.3) is 0 Å². The molecule has 0 unspecified atom stereocenters. The zero-order chi connectivity index (χ0) is 18.5. The highest BCUT2D eigenvalue weighted by molar-refractivity contribution is 6.85. The van der Waals surface area contributed by atoms with Crippen molar-refractivity contribution in [1.29, 1.82) is 0 Å². The molecule has 0 saturated carbocycles. The van der Waals surface area contributed by atoms with Gasteiger partial charge in [-0.25, -0.2) is 0 Å². The first kappa shape index (κ1) is 21.2. The van der Waals surface area contributed by atoms with Crippen molar-refractivity contribution in [2.75, 3.05) is 0 Å². The molecular formula is C22H42OSi2. The first-order chi connectivity index (χ1) is 11.8. The summed E-state index contributed by atoms with van der Waals surface area (Å²) in [6, 6.07) is 2.58. The average molecular weight is 379 g/mol. The van der Waals surface area contributed by atoms with Gasteiger partial charge in [-0.05, 0) is 89.6 Å². The second-order valence-electron chi connectivity index (χ2n) is 9.60. The standard InChI is InChI=1S/C22H42OSi2/c1-7-11-19-13-9-15-21(19)17-24(3,4)23-25(5,6)18-22-16-10-14-20(22)12-8-2/h7-18H2,1-6H3. The quantitative estimate of drug-likeness (QED) is 0.276. The number of hydrogen-bond acceptors (Lipinski definition) is 1. The second kappa shape index (κ2) is 9.19. The average Bonchev–Trinajstić information content (AvgIpc) is 3.08. The lowest BCUT2D eigenvalue weighted by atomic mass is 10.1. The highest BCUT2D eigenvalue weighted by Crippen LogP contribution is 2.38. The molecule has 0 aromatic carbocycles. The van der Waals surface area contributed by atoms with Crippen LogP contribution in [-0.2, 0) is 4.12 Å². The van der Waals surface area contributed by atoms with Gasteiger partial charge in [0.2, 0.25) is 0 Å². The molecule has 0 bridgehead atoms. The molecule has 2 aliphatic carbocycles. The lowest BCUT2D eigenvalue weighted by Crippen LogP contribution is -2.44. The molecule has 0 atom stereocenters. The van der Waals surface area contributed by atoms with E-state index in [0.29, 0.717) is 0 Å². The van der Waals surface area contributed by atoms with Gasteiger partial charge >= 0.3 is 0 Å². The van der Waals surface area contributed by atoms with Crippen LogP contribution in [0.5, 0.6) is 0 Å². The van der Waals surface area contributed by atoms with Gasteiger partial charge in [-0.1, -0.05) is 49.0 Å². The van der Waals surface area contributed by atoms with Crippen molar-refractivity contribution in [2.24, 2.45) is 0 Å². The summed E-state index contributed by atoms with van der Waals surface area (Å²) >= 11 is 0. The summed E-state index contributed by atoms with van der Waals surface area (Å²) in [4.78, 5) is 0. The summed E-state index contributed by atoms with van der Waals surface area (Å²) in [6.07, 6.45) is 13.5. The summed E-state index contributed by atoms with van der Waals surface area (Å²) in [5, 5.41) is 0. The van der Waals surface area contributed by atoms with E-state index in [1.54, 1.807) is 22.3 Å². The molecule has 2 aliphatic rings. The SMILES string of the molecule is CCCC1=C(C[Si](C)(C)O[Si](C)(C)CC2=C(CCC)CCC2)CCC1.